The zero-order chi connectivity index (χ0) is 14.1. The SMILES string of the molecule is Nc1cc(F)c(Cl)cc1Oc1ccc2c(c1)CCCC2. The molecule has 0 atom stereocenters. The number of hydrogen-bond acceptors (Lipinski definition) is 2. The number of rotatable bonds is 2. The van der Waals surface area contributed by atoms with Crippen molar-refractivity contribution >= 4 is 17.3 Å². The van der Waals surface area contributed by atoms with Gasteiger partial charge >= 0.3 is 0 Å². The Kier molecular flexibility index (Phi) is 3.53. The van der Waals surface area contributed by atoms with Gasteiger partial charge in [-0.2, -0.15) is 0 Å². The molecule has 0 heterocycles. The lowest BCUT2D eigenvalue weighted by atomic mass is 9.92. The molecule has 1 aliphatic carbocycles. The second kappa shape index (κ2) is 5.33. The molecular formula is C16H15ClFNO. The standard InChI is InChI=1S/C16H15ClFNO/c17-13-8-16(15(19)9-14(13)18)20-12-6-5-10-3-1-2-4-11(10)7-12/h5-9H,1-4,19H2. The molecule has 0 amide bonds. The fraction of sp³-hybridized carbons (Fsp3) is 0.250. The number of nitrogens with two attached hydrogens (primary N) is 1. The lowest BCUT2D eigenvalue weighted by Crippen LogP contribution is -2.02. The highest BCUT2D eigenvalue weighted by Crippen LogP contribution is 2.33. The van der Waals surface area contributed by atoms with E-state index in [1.165, 1.54) is 36.1 Å². The van der Waals surface area contributed by atoms with Crippen LogP contribution in [-0.2, 0) is 12.8 Å². The molecule has 3 rings (SSSR count). The molecule has 0 aliphatic heterocycles. The zero-order valence-corrected chi connectivity index (χ0v) is 11.7. The van der Waals surface area contributed by atoms with Crippen LogP contribution in [0.3, 0.4) is 0 Å². The van der Waals surface area contributed by atoms with E-state index in [4.69, 9.17) is 22.1 Å². The van der Waals surface area contributed by atoms with E-state index in [1.54, 1.807) is 0 Å². The summed E-state index contributed by atoms with van der Waals surface area (Å²) < 4.78 is 19.0. The molecule has 0 spiro atoms. The van der Waals surface area contributed by atoms with Crippen LogP contribution in [0.5, 0.6) is 11.5 Å². The first-order valence-electron chi connectivity index (χ1n) is 6.67. The van der Waals surface area contributed by atoms with E-state index in [0.717, 1.165) is 12.8 Å². The van der Waals surface area contributed by atoms with Gasteiger partial charge in [0, 0.05) is 12.1 Å². The van der Waals surface area contributed by atoms with Gasteiger partial charge in [-0.3, -0.25) is 0 Å². The quantitative estimate of drug-likeness (QED) is 0.812. The molecule has 0 saturated heterocycles. The molecule has 2 nitrogen and oxygen atoms in total. The molecule has 0 fully saturated rings. The zero-order valence-electron chi connectivity index (χ0n) is 11.0. The van der Waals surface area contributed by atoms with Gasteiger partial charge in [0.25, 0.3) is 0 Å². The average molecular weight is 292 g/mol. The molecule has 104 valence electrons. The topological polar surface area (TPSA) is 35.2 Å². The first-order valence-corrected chi connectivity index (χ1v) is 7.05. The molecule has 0 radical (unpaired) electrons. The van der Waals surface area contributed by atoms with Crippen molar-refractivity contribution in [3.05, 3.63) is 52.3 Å². The minimum absolute atomic E-state index is 0.00663. The highest BCUT2D eigenvalue weighted by Gasteiger charge is 2.12. The van der Waals surface area contributed by atoms with E-state index in [0.29, 0.717) is 11.5 Å². The van der Waals surface area contributed by atoms with Crippen LogP contribution in [0.15, 0.2) is 30.3 Å². The number of aryl methyl sites for hydroxylation is 2. The molecule has 0 unspecified atom stereocenters. The minimum Gasteiger partial charge on any atom is -0.455 e. The molecule has 20 heavy (non-hydrogen) atoms. The second-order valence-corrected chi connectivity index (χ2v) is 5.45. The highest BCUT2D eigenvalue weighted by molar-refractivity contribution is 6.31. The van der Waals surface area contributed by atoms with Gasteiger partial charge in [-0.1, -0.05) is 17.7 Å². The first kappa shape index (κ1) is 13.3. The molecule has 4 heteroatoms. The fourth-order valence-electron chi connectivity index (χ4n) is 2.53. The summed E-state index contributed by atoms with van der Waals surface area (Å²) in [6.45, 7) is 0. The maximum atomic E-state index is 13.3. The lowest BCUT2D eigenvalue weighted by Gasteiger charge is -2.17. The van der Waals surface area contributed by atoms with E-state index >= 15 is 0 Å². The normalized spacial score (nSPS) is 13.9. The summed E-state index contributed by atoms with van der Waals surface area (Å²) >= 11 is 5.76. The number of hydrogen-bond donors (Lipinski definition) is 1. The van der Waals surface area contributed by atoms with Crippen molar-refractivity contribution in [1.29, 1.82) is 0 Å². The van der Waals surface area contributed by atoms with Gasteiger partial charge in [-0.25, -0.2) is 4.39 Å². The van der Waals surface area contributed by atoms with Crippen LogP contribution in [0, 0.1) is 5.82 Å². The number of benzene rings is 2. The summed E-state index contributed by atoms with van der Waals surface area (Å²) in [6, 6.07) is 8.62. The molecule has 2 aromatic carbocycles. The predicted molar refractivity (Wildman–Crippen MR) is 79.0 cm³/mol. The van der Waals surface area contributed by atoms with Crippen molar-refractivity contribution in [2.24, 2.45) is 0 Å². The number of halogens is 2. The highest BCUT2D eigenvalue weighted by atomic mass is 35.5. The van der Waals surface area contributed by atoms with Crippen molar-refractivity contribution in [3.63, 3.8) is 0 Å². The monoisotopic (exact) mass is 291 g/mol. The third kappa shape index (κ3) is 2.59. The Balaban J connectivity index is 1.89. The summed E-state index contributed by atoms with van der Waals surface area (Å²) in [6.07, 6.45) is 4.65. The van der Waals surface area contributed by atoms with E-state index in [-0.39, 0.29) is 10.7 Å². The van der Waals surface area contributed by atoms with Crippen molar-refractivity contribution < 1.29 is 9.13 Å². The fourth-order valence-corrected chi connectivity index (χ4v) is 2.69. The van der Waals surface area contributed by atoms with Gasteiger partial charge in [0.05, 0.1) is 10.7 Å². The third-order valence-electron chi connectivity index (χ3n) is 3.60. The molecule has 0 saturated carbocycles. The largest absolute Gasteiger partial charge is 0.455 e. The van der Waals surface area contributed by atoms with Crippen molar-refractivity contribution in [1.82, 2.24) is 0 Å². The van der Waals surface area contributed by atoms with Gasteiger partial charge in [0.1, 0.15) is 11.6 Å². The molecular weight excluding hydrogens is 277 g/mol. The Labute approximate surface area is 122 Å². The minimum atomic E-state index is -0.540. The van der Waals surface area contributed by atoms with Crippen LogP contribution in [0.2, 0.25) is 5.02 Å². The molecule has 0 aromatic heterocycles. The number of ether oxygens (including phenoxy) is 1. The maximum absolute atomic E-state index is 13.3. The summed E-state index contributed by atoms with van der Waals surface area (Å²) in [7, 11) is 0. The van der Waals surface area contributed by atoms with Gasteiger partial charge in [-0.15, -0.1) is 0 Å². The van der Waals surface area contributed by atoms with Crippen LogP contribution < -0.4 is 10.5 Å². The van der Waals surface area contributed by atoms with Crippen LogP contribution in [0.1, 0.15) is 24.0 Å². The Morgan fingerprint density at radius 3 is 2.60 bits per heavy atom. The lowest BCUT2D eigenvalue weighted by molar-refractivity contribution is 0.481. The number of nitrogen functional groups attached to an aromatic ring is 1. The molecule has 2 N–H and O–H groups in total. The van der Waals surface area contributed by atoms with Gasteiger partial charge in [0.2, 0.25) is 0 Å². The Hall–Kier alpha value is -1.74. The summed E-state index contributed by atoms with van der Waals surface area (Å²) in [5.74, 6) is 0.550. The second-order valence-electron chi connectivity index (χ2n) is 5.04. The van der Waals surface area contributed by atoms with Crippen LogP contribution in [0.4, 0.5) is 10.1 Å². The van der Waals surface area contributed by atoms with Crippen molar-refractivity contribution in [2.75, 3.05) is 5.73 Å². The van der Waals surface area contributed by atoms with E-state index in [9.17, 15) is 4.39 Å². The predicted octanol–water partition coefficient (Wildman–Crippen LogP) is 4.73. The number of anilines is 1. The average Bonchev–Trinajstić information content (AvgIpc) is 2.44. The Morgan fingerprint density at radius 1 is 1.05 bits per heavy atom. The smallest absolute Gasteiger partial charge is 0.151 e. The van der Waals surface area contributed by atoms with E-state index < -0.39 is 5.82 Å². The summed E-state index contributed by atoms with van der Waals surface area (Å²) in [5, 5.41) is 0.00663. The maximum Gasteiger partial charge on any atom is 0.151 e. The third-order valence-corrected chi connectivity index (χ3v) is 3.89. The van der Waals surface area contributed by atoms with Gasteiger partial charge < -0.3 is 10.5 Å². The van der Waals surface area contributed by atoms with Crippen LogP contribution in [-0.4, -0.2) is 0 Å². The number of fused-ring (bicyclic) bond motifs is 1. The molecule has 2 aromatic rings. The molecule has 0 bridgehead atoms. The summed E-state index contributed by atoms with van der Waals surface area (Å²) in [4.78, 5) is 0. The Bertz CT molecular complexity index is 657. The van der Waals surface area contributed by atoms with Crippen molar-refractivity contribution in [3.8, 4) is 11.5 Å². The molecule has 1 aliphatic rings. The van der Waals surface area contributed by atoms with E-state index in [1.807, 2.05) is 12.1 Å². The van der Waals surface area contributed by atoms with E-state index in [2.05, 4.69) is 6.07 Å². The van der Waals surface area contributed by atoms with Crippen LogP contribution in [0.25, 0.3) is 0 Å². The first-order chi connectivity index (χ1) is 9.63. The van der Waals surface area contributed by atoms with Gasteiger partial charge in [-0.05, 0) is 48.9 Å². The van der Waals surface area contributed by atoms with Gasteiger partial charge in [0.15, 0.2) is 5.75 Å². The summed E-state index contributed by atoms with van der Waals surface area (Å²) in [5.41, 5.74) is 8.70. The van der Waals surface area contributed by atoms with Crippen LogP contribution >= 0.6 is 11.6 Å². The van der Waals surface area contributed by atoms with Crippen molar-refractivity contribution in [2.45, 2.75) is 25.7 Å². The Morgan fingerprint density at radius 2 is 1.80 bits per heavy atom.